The Morgan fingerprint density at radius 1 is 0.308 bits per heavy atom. The summed E-state index contributed by atoms with van der Waals surface area (Å²) in [4.78, 5) is 0. The van der Waals surface area contributed by atoms with Crippen LogP contribution in [0.2, 0.25) is 0 Å². The number of hydrogen-bond donors (Lipinski definition) is 0. The minimum atomic E-state index is -2.95. The molecule has 0 rings (SSSR count). The van der Waals surface area contributed by atoms with E-state index < -0.39 is 80.9 Å². The van der Waals surface area contributed by atoms with Gasteiger partial charge in [-0.2, -0.15) is 0 Å². The van der Waals surface area contributed by atoms with Gasteiger partial charge in [-0.15, -0.1) is 0 Å². The summed E-state index contributed by atoms with van der Waals surface area (Å²) in [5.74, 6) is 0. The Morgan fingerprint density at radius 3 is 0.346 bits per heavy atom. The molecule has 8 unspecified atom stereocenters. The molecule has 0 fully saturated rings. The Labute approximate surface area is 191 Å². The predicted octanol–water partition coefficient (Wildman–Crippen LogP) is -5.37. The molecule has 0 radical (unpaired) electrons. The summed E-state index contributed by atoms with van der Waals surface area (Å²) in [7, 11) is -23.6. The van der Waals surface area contributed by atoms with E-state index in [-0.39, 0.29) is 42.1 Å². The van der Waals surface area contributed by atoms with Crippen LogP contribution in [0, 0.1) is 0 Å². The first kappa shape index (κ1) is 42.4. The van der Waals surface area contributed by atoms with Crippen LogP contribution in [-0.2, 0) is 123 Å². The molecule has 0 heterocycles. The number of rotatable bonds is 4. The maximum Gasteiger partial charge on any atom is 4.00 e. The van der Waals surface area contributed by atoms with Gasteiger partial charge in [0.1, 0.15) is 0 Å². The van der Waals surface area contributed by atoms with Crippen molar-refractivity contribution in [2.75, 3.05) is 0 Å². The summed E-state index contributed by atoms with van der Waals surface area (Å²) >= 11 is 0. The van der Waals surface area contributed by atoms with Gasteiger partial charge < -0.3 is 36.4 Å². The van der Waals surface area contributed by atoms with E-state index in [1.165, 1.54) is 0 Å². The van der Waals surface area contributed by atoms with E-state index in [2.05, 4.69) is 0 Å². The van der Waals surface area contributed by atoms with Crippen LogP contribution in [0.3, 0.4) is 0 Å². The van der Waals surface area contributed by atoms with E-state index in [0.29, 0.717) is 0 Å². The monoisotopic (exact) mass is 794 g/mol. The minimum Gasteiger partial charge on any atom is -0.763 e. The van der Waals surface area contributed by atoms with Crippen molar-refractivity contribution >= 4 is 80.9 Å². The third-order valence-electron chi connectivity index (χ3n) is 0.444. The predicted molar refractivity (Wildman–Crippen MR) is 71.4 cm³/mol. The fraction of sp³-hybridized carbons (Fsp3) is 0. The third-order valence-corrected chi connectivity index (χ3v) is 4.00. The second-order valence-corrected chi connectivity index (χ2v) is 11.4. The van der Waals surface area contributed by atoms with Gasteiger partial charge in [-0.3, -0.25) is 33.7 Å². The Kier molecular flexibility index (Phi) is 44.4. The van der Waals surface area contributed by atoms with Crippen molar-refractivity contribution in [2.24, 2.45) is 0 Å². The van der Waals surface area contributed by atoms with Gasteiger partial charge >= 0.3 is 21.1 Å². The first-order valence-corrected chi connectivity index (χ1v) is 14.0. The fourth-order valence-electron chi connectivity index (χ4n) is 0. The molecule has 16 nitrogen and oxygen atoms in total. The third kappa shape index (κ3) is 50.3. The van der Waals surface area contributed by atoms with Crippen LogP contribution in [-0.4, -0.2) is 70.1 Å². The van der Waals surface area contributed by atoms with E-state index in [9.17, 15) is 0 Å². The van der Waals surface area contributed by atoms with Gasteiger partial charge in [0, 0.05) is 102 Å². The van der Waals surface area contributed by atoms with Gasteiger partial charge in [0.05, 0.1) is 0 Å². The molecule has 0 aromatic carbocycles. The van der Waals surface area contributed by atoms with E-state index in [1.807, 2.05) is 0 Å². The minimum absolute atomic E-state index is 0. The zero-order valence-electron chi connectivity index (χ0n) is 10.6. The van der Waals surface area contributed by atoms with Crippen LogP contribution in [0.25, 0.3) is 0 Å². The standard InChI is InChI=1S/Mo.4H2O4S2.W/c;4*1-5(2)6(3)4;/h;4*(H,1,2)(H,3,4);/q+4;;;;;/p-8. The average molecular weight is 792 g/mol. The summed E-state index contributed by atoms with van der Waals surface area (Å²) in [6, 6.07) is 0. The molecule has 0 N–H and O–H groups in total. The molecule has 0 spiro atoms. The van der Waals surface area contributed by atoms with E-state index in [1.54, 1.807) is 0 Å². The fourth-order valence-corrected chi connectivity index (χ4v) is 0. The van der Waals surface area contributed by atoms with Crippen molar-refractivity contribution in [1.82, 2.24) is 0 Å². The normalized spacial score (nSPS) is 18.2. The van der Waals surface area contributed by atoms with Crippen molar-refractivity contribution in [3.8, 4) is 0 Å². The van der Waals surface area contributed by atoms with Gasteiger partial charge in [0.25, 0.3) is 0 Å². The molecule has 160 valence electrons. The molecule has 8 atom stereocenters. The van der Waals surface area contributed by atoms with Crippen molar-refractivity contribution in [3.63, 3.8) is 0 Å². The van der Waals surface area contributed by atoms with Crippen LogP contribution in [0.4, 0.5) is 0 Å². The Bertz CT molecular complexity index is 394. The summed E-state index contributed by atoms with van der Waals surface area (Å²) in [6.45, 7) is 0. The zero-order chi connectivity index (χ0) is 20.6. The van der Waals surface area contributed by atoms with E-state index in [0.717, 1.165) is 0 Å². The quantitative estimate of drug-likeness (QED) is 0.146. The molecule has 0 aliphatic carbocycles. The van der Waals surface area contributed by atoms with Crippen molar-refractivity contribution in [2.45, 2.75) is 0 Å². The molecule has 0 aromatic rings. The molecular formula is MoO16S8W-4. The smallest absolute Gasteiger partial charge is 0.763 e. The second kappa shape index (κ2) is 27.3. The van der Waals surface area contributed by atoms with Gasteiger partial charge in [0.2, 0.25) is 0 Å². The summed E-state index contributed by atoms with van der Waals surface area (Å²) in [6.07, 6.45) is 0. The Hall–Kier alpha value is 2.26. The molecule has 0 aliphatic rings. The topological polar surface area (TPSA) is 321 Å². The molecule has 0 amide bonds. The first-order valence-electron chi connectivity index (χ1n) is 3.33. The van der Waals surface area contributed by atoms with Crippen molar-refractivity contribution in [1.29, 1.82) is 0 Å². The molecule has 0 saturated carbocycles. The Balaban J connectivity index is -0.0000000500. The van der Waals surface area contributed by atoms with Gasteiger partial charge in [-0.25, -0.2) is 0 Å². The van der Waals surface area contributed by atoms with Gasteiger partial charge in [-0.05, 0) is 0 Å². The maximum absolute atomic E-state index is 9.09. The Morgan fingerprint density at radius 2 is 0.346 bits per heavy atom. The molecule has 0 aliphatic heterocycles. The van der Waals surface area contributed by atoms with E-state index in [4.69, 9.17) is 70.1 Å². The van der Waals surface area contributed by atoms with Crippen LogP contribution < -0.4 is 0 Å². The maximum atomic E-state index is 9.09. The second-order valence-electron chi connectivity index (χ2n) is 1.63. The first-order chi connectivity index (χ1) is 10.6. The molecule has 26 heavy (non-hydrogen) atoms. The molecule has 0 aromatic heterocycles. The number of hydrogen-bond acceptors (Lipinski definition) is 16. The van der Waals surface area contributed by atoms with Crippen molar-refractivity contribution in [3.05, 3.63) is 0 Å². The molecule has 0 saturated heterocycles. The summed E-state index contributed by atoms with van der Waals surface area (Å²) in [5, 5.41) is 0. The summed E-state index contributed by atoms with van der Waals surface area (Å²) < 4.78 is 145. The SMILES string of the molecule is O=S([O-])S(=O)[O-].O=S([O-])S(=O)[O-].O=S([O-])S(=O)[O-].O=S([O-])S(=O)[O-].[Mo+4].[W]. The summed E-state index contributed by atoms with van der Waals surface area (Å²) in [5.41, 5.74) is 0. The van der Waals surface area contributed by atoms with Gasteiger partial charge in [-0.1, -0.05) is 0 Å². The molecule has 26 heteroatoms. The largest absolute Gasteiger partial charge is 4.00 e. The average Bonchev–Trinajstić information content (AvgIpc) is 2.40. The zero-order valence-corrected chi connectivity index (χ0v) is 22.1. The molecular weight excluding hydrogens is 792 g/mol. The van der Waals surface area contributed by atoms with Crippen LogP contribution >= 0.6 is 0 Å². The van der Waals surface area contributed by atoms with Crippen LogP contribution in [0.1, 0.15) is 0 Å². The van der Waals surface area contributed by atoms with E-state index >= 15 is 0 Å². The van der Waals surface area contributed by atoms with Crippen LogP contribution in [0.5, 0.6) is 0 Å². The van der Waals surface area contributed by atoms with Crippen molar-refractivity contribution < 1.29 is 112 Å². The van der Waals surface area contributed by atoms with Gasteiger partial charge in [0.15, 0.2) is 0 Å². The molecule has 0 bridgehead atoms. The van der Waals surface area contributed by atoms with Crippen LogP contribution in [0.15, 0.2) is 0 Å².